The number of amides is 1. The van der Waals surface area contributed by atoms with Crippen LogP contribution in [0, 0.1) is 0 Å². The molecule has 0 aliphatic heterocycles. The molecule has 0 unspecified atom stereocenters. The lowest BCUT2D eigenvalue weighted by Gasteiger charge is -1.97. The van der Waals surface area contributed by atoms with Crippen molar-refractivity contribution in [3.63, 3.8) is 0 Å². The van der Waals surface area contributed by atoms with Gasteiger partial charge in [0.15, 0.2) is 0 Å². The molecule has 0 saturated carbocycles. The summed E-state index contributed by atoms with van der Waals surface area (Å²) in [5.41, 5.74) is 0.287. The minimum Gasteiger partial charge on any atom is -0.452 e. The topological polar surface area (TPSA) is 68.0 Å². The molecule has 0 radical (unpaired) electrons. The van der Waals surface area contributed by atoms with Gasteiger partial charge in [0.05, 0.1) is 11.8 Å². The summed E-state index contributed by atoms with van der Waals surface area (Å²) in [7, 11) is 0. The van der Waals surface area contributed by atoms with Gasteiger partial charge in [0.25, 0.3) is 5.91 Å². The van der Waals surface area contributed by atoms with E-state index in [4.69, 9.17) is 16.0 Å². The standard InChI is InChI=1S/C9H8ClN3O2S/c1-2-6-12-13-9(16-6)11-8(14)5-3-4-15-7(5)10/h3-4H,2H2,1H3,(H,11,13,14). The molecule has 84 valence electrons. The van der Waals surface area contributed by atoms with Crippen LogP contribution in [0.2, 0.25) is 5.22 Å². The predicted molar refractivity (Wildman–Crippen MR) is 61.0 cm³/mol. The Morgan fingerprint density at radius 2 is 2.44 bits per heavy atom. The van der Waals surface area contributed by atoms with Gasteiger partial charge in [0, 0.05) is 0 Å². The maximum Gasteiger partial charge on any atom is 0.262 e. The molecule has 1 amide bonds. The molecule has 0 aliphatic carbocycles. The van der Waals surface area contributed by atoms with Crippen LogP contribution >= 0.6 is 22.9 Å². The van der Waals surface area contributed by atoms with E-state index in [0.717, 1.165) is 11.4 Å². The fourth-order valence-corrected chi connectivity index (χ4v) is 1.94. The molecule has 0 bridgehead atoms. The van der Waals surface area contributed by atoms with E-state index in [9.17, 15) is 4.79 Å². The molecule has 7 heteroatoms. The van der Waals surface area contributed by atoms with Gasteiger partial charge in [-0.25, -0.2) is 0 Å². The molecule has 0 spiro atoms. The minimum absolute atomic E-state index is 0.0673. The van der Waals surface area contributed by atoms with Gasteiger partial charge in [-0.3, -0.25) is 10.1 Å². The highest BCUT2D eigenvalue weighted by molar-refractivity contribution is 7.15. The number of hydrogen-bond donors (Lipinski definition) is 1. The number of anilines is 1. The van der Waals surface area contributed by atoms with Crippen molar-refractivity contribution in [3.05, 3.63) is 28.1 Å². The molecular weight excluding hydrogens is 250 g/mol. The van der Waals surface area contributed by atoms with E-state index in [0.29, 0.717) is 5.13 Å². The van der Waals surface area contributed by atoms with E-state index in [1.807, 2.05) is 6.92 Å². The molecule has 1 N–H and O–H groups in total. The highest BCUT2D eigenvalue weighted by Crippen LogP contribution is 2.20. The zero-order chi connectivity index (χ0) is 11.5. The van der Waals surface area contributed by atoms with Crippen LogP contribution < -0.4 is 5.32 Å². The first-order valence-corrected chi connectivity index (χ1v) is 5.77. The van der Waals surface area contributed by atoms with Crippen molar-refractivity contribution in [2.45, 2.75) is 13.3 Å². The third-order valence-corrected chi connectivity index (χ3v) is 3.13. The quantitative estimate of drug-likeness (QED) is 0.918. The number of furan rings is 1. The fourth-order valence-electron chi connectivity index (χ4n) is 1.07. The molecule has 16 heavy (non-hydrogen) atoms. The van der Waals surface area contributed by atoms with Crippen LogP contribution in [0.1, 0.15) is 22.3 Å². The summed E-state index contributed by atoms with van der Waals surface area (Å²) in [6.45, 7) is 1.97. The van der Waals surface area contributed by atoms with E-state index in [2.05, 4.69) is 15.5 Å². The van der Waals surface area contributed by atoms with Crippen molar-refractivity contribution < 1.29 is 9.21 Å². The second-order valence-corrected chi connectivity index (χ2v) is 4.32. The fraction of sp³-hybridized carbons (Fsp3) is 0.222. The molecule has 0 aromatic carbocycles. The van der Waals surface area contributed by atoms with Crippen LogP contribution in [0.25, 0.3) is 0 Å². The Morgan fingerprint density at radius 1 is 1.62 bits per heavy atom. The van der Waals surface area contributed by atoms with Crippen molar-refractivity contribution in [1.29, 1.82) is 0 Å². The number of nitrogens with one attached hydrogen (secondary N) is 1. The van der Waals surface area contributed by atoms with Crippen molar-refractivity contribution in [2.24, 2.45) is 0 Å². The molecular formula is C9H8ClN3O2S. The van der Waals surface area contributed by atoms with Gasteiger partial charge in [-0.2, -0.15) is 0 Å². The van der Waals surface area contributed by atoms with E-state index >= 15 is 0 Å². The van der Waals surface area contributed by atoms with E-state index < -0.39 is 0 Å². The molecule has 0 aliphatic rings. The second-order valence-electron chi connectivity index (χ2n) is 2.92. The summed E-state index contributed by atoms with van der Waals surface area (Å²) in [6, 6.07) is 1.50. The number of halogens is 1. The SMILES string of the molecule is CCc1nnc(NC(=O)c2ccoc2Cl)s1. The number of hydrogen-bond acceptors (Lipinski definition) is 5. The van der Waals surface area contributed by atoms with Gasteiger partial charge >= 0.3 is 0 Å². The van der Waals surface area contributed by atoms with Crippen molar-refractivity contribution in [3.8, 4) is 0 Å². The molecule has 2 aromatic rings. The van der Waals surface area contributed by atoms with Crippen LogP contribution in [-0.2, 0) is 6.42 Å². The zero-order valence-electron chi connectivity index (χ0n) is 8.36. The van der Waals surface area contributed by atoms with E-state index in [1.165, 1.54) is 23.7 Å². The Balaban J connectivity index is 2.11. The third-order valence-electron chi connectivity index (χ3n) is 1.85. The lowest BCUT2D eigenvalue weighted by Crippen LogP contribution is -2.11. The number of rotatable bonds is 3. The van der Waals surface area contributed by atoms with Crippen LogP contribution in [-0.4, -0.2) is 16.1 Å². The summed E-state index contributed by atoms with van der Waals surface area (Å²) in [4.78, 5) is 11.7. The molecule has 5 nitrogen and oxygen atoms in total. The average molecular weight is 258 g/mol. The lowest BCUT2D eigenvalue weighted by molar-refractivity contribution is 0.102. The van der Waals surface area contributed by atoms with Gasteiger partial charge in [0.1, 0.15) is 5.01 Å². The molecule has 0 fully saturated rings. The number of carbonyl (C=O) groups is 1. The maximum absolute atomic E-state index is 11.7. The van der Waals surface area contributed by atoms with Crippen molar-refractivity contribution in [2.75, 3.05) is 5.32 Å². The largest absolute Gasteiger partial charge is 0.452 e. The van der Waals surface area contributed by atoms with Gasteiger partial charge in [-0.05, 0) is 24.1 Å². The smallest absolute Gasteiger partial charge is 0.262 e. The van der Waals surface area contributed by atoms with Gasteiger partial charge in [-0.15, -0.1) is 10.2 Å². The molecule has 2 rings (SSSR count). The first kappa shape index (κ1) is 11.1. The van der Waals surface area contributed by atoms with Crippen molar-refractivity contribution >= 4 is 34.0 Å². The molecule has 0 atom stereocenters. The van der Waals surface area contributed by atoms with Gasteiger partial charge < -0.3 is 4.42 Å². The minimum atomic E-state index is -0.349. The maximum atomic E-state index is 11.7. The Hall–Kier alpha value is -1.40. The zero-order valence-corrected chi connectivity index (χ0v) is 9.93. The predicted octanol–water partition coefficient (Wildman–Crippen LogP) is 2.60. The van der Waals surface area contributed by atoms with Crippen LogP contribution in [0.3, 0.4) is 0 Å². The Kier molecular flexibility index (Phi) is 3.21. The second kappa shape index (κ2) is 4.63. The van der Waals surface area contributed by atoms with E-state index in [1.54, 1.807) is 0 Å². The van der Waals surface area contributed by atoms with Crippen molar-refractivity contribution in [1.82, 2.24) is 10.2 Å². The first-order valence-electron chi connectivity index (χ1n) is 4.57. The van der Waals surface area contributed by atoms with Crippen LogP contribution in [0.4, 0.5) is 5.13 Å². The summed E-state index contributed by atoms with van der Waals surface area (Å²) < 4.78 is 4.82. The highest BCUT2D eigenvalue weighted by Gasteiger charge is 2.14. The average Bonchev–Trinajstić information content (AvgIpc) is 2.86. The van der Waals surface area contributed by atoms with Gasteiger partial charge in [-0.1, -0.05) is 18.3 Å². The summed E-state index contributed by atoms with van der Waals surface area (Å²) in [6.07, 6.45) is 2.15. The molecule has 2 aromatic heterocycles. The number of nitrogens with zero attached hydrogens (tertiary/aromatic N) is 2. The third kappa shape index (κ3) is 2.23. The molecule has 2 heterocycles. The number of carbonyl (C=O) groups excluding carboxylic acids is 1. The molecule has 0 saturated heterocycles. The monoisotopic (exact) mass is 257 g/mol. The Bertz CT molecular complexity index is 508. The first-order chi connectivity index (χ1) is 7.70. The lowest BCUT2D eigenvalue weighted by atomic mass is 10.3. The van der Waals surface area contributed by atoms with Crippen LogP contribution in [0.15, 0.2) is 16.7 Å². The number of aryl methyl sites for hydroxylation is 1. The van der Waals surface area contributed by atoms with E-state index in [-0.39, 0.29) is 16.7 Å². The number of aromatic nitrogens is 2. The summed E-state index contributed by atoms with van der Waals surface area (Å²) in [5, 5.41) is 11.7. The normalized spacial score (nSPS) is 10.4. The van der Waals surface area contributed by atoms with Crippen LogP contribution in [0.5, 0.6) is 0 Å². The summed E-state index contributed by atoms with van der Waals surface area (Å²) >= 11 is 7.01. The highest BCUT2D eigenvalue weighted by atomic mass is 35.5. The summed E-state index contributed by atoms with van der Waals surface area (Å²) in [5.74, 6) is -0.349. The van der Waals surface area contributed by atoms with Gasteiger partial charge in [0.2, 0.25) is 10.4 Å². The Morgan fingerprint density at radius 3 is 3.00 bits per heavy atom. The Labute approximate surface area is 100 Å².